The molecule has 15 heteroatoms. The Bertz CT molecular complexity index is 1230. The minimum atomic E-state index is -1.03. The molecule has 0 aliphatic carbocycles. The molecule has 0 aliphatic rings. The molecular formula is C23H28N6O5S4. The molecule has 0 spiro atoms. The third-order valence-electron chi connectivity index (χ3n) is 5.08. The van der Waals surface area contributed by atoms with Gasteiger partial charge >= 0.3 is 0 Å². The molecule has 0 aliphatic heterocycles. The number of hydrogen-bond donors (Lipinski definition) is 4. The van der Waals surface area contributed by atoms with Crippen LogP contribution < -0.4 is 15.4 Å². The van der Waals surface area contributed by atoms with Gasteiger partial charge in [-0.2, -0.15) is 11.8 Å². The smallest absolute Gasteiger partial charge is 0.284 e. The van der Waals surface area contributed by atoms with Crippen LogP contribution in [-0.4, -0.2) is 69.1 Å². The number of rotatable bonds is 15. The van der Waals surface area contributed by atoms with E-state index in [4.69, 9.17) is 0 Å². The van der Waals surface area contributed by atoms with Gasteiger partial charge in [0.15, 0.2) is 0 Å². The van der Waals surface area contributed by atoms with E-state index in [1.165, 1.54) is 35.7 Å². The summed E-state index contributed by atoms with van der Waals surface area (Å²) < 4.78 is 2.83. The van der Waals surface area contributed by atoms with Crippen molar-refractivity contribution in [1.29, 1.82) is 0 Å². The van der Waals surface area contributed by atoms with Crippen LogP contribution in [0, 0.1) is 10.1 Å². The van der Waals surface area contributed by atoms with Crippen LogP contribution in [0.4, 0.5) is 5.69 Å². The summed E-state index contributed by atoms with van der Waals surface area (Å²) in [7, 11) is 0. The molecule has 0 saturated heterocycles. The van der Waals surface area contributed by atoms with Gasteiger partial charge in [0.1, 0.15) is 27.3 Å². The molecule has 2 atom stereocenters. The Kier molecular flexibility index (Phi) is 11.9. The Morgan fingerprint density at radius 3 is 2.68 bits per heavy atom. The summed E-state index contributed by atoms with van der Waals surface area (Å²) in [5.74, 6) is 0.349. The summed E-state index contributed by atoms with van der Waals surface area (Å²) in [6.45, 7) is 2.36. The number of aliphatic hydroxyl groups excluding tert-OH is 1. The monoisotopic (exact) mass is 596 g/mol. The Balaban J connectivity index is 1.49. The van der Waals surface area contributed by atoms with Gasteiger partial charge in [-0.05, 0) is 43.4 Å². The van der Waals surface area contributed by atoms with Crippen LogP contribution in [0.15, 0.2) is 39.9 Å². The van der Waals surface area contributed by atoms with Gasteiger partial charge in [0.2, 0.25) is 5.91 Å². The topological polar surface area (TPSA) is 159 Å². The summed E-state index contributed by atoms with van der Waals surface area (Å²) in [6.07, 6.45) is 2.36. The lowest BCUT2D eigenvalue weighted by Crippen LogP contribution is -2.48. The van der Waals surface area contributed by atoms with E-state index in [-0.39, 0.29) is 18.1 Å². The summed E-state index contributed by atoms with van der Waals surface area (Å²) in [4.78, 5) is 44.9. The lowest BCUT2D eigenvalue weighted by molar-refractivity contribution is -0.387. The number of hydrogen-bond acceptors (Lipinski definition) is 12. The molecule has 0 fully saturated rings. The first-order chi connectivity index (χ1) is 18.3. The van der Waals surface area contributed by atoms with Crippen LogP contribution in [0.2, 0.25) is 0 Å². The molecule has 3 aromatic rings. The largest absolute Gasteiger partial charge is 0.391 e. The van der Waals surface area contributed by atoms with Crippen molar-refractivity contribution in [2.45, 2.75) is 36.8 Å². The van der Waals surface area contributed by atoms with Gasteiger partial charge < -0.3 is 15.7 Å². The van der Waals surface area contributed by atoms with Gasteiger partial charge in [-0.15, -0.1) is 22.7 Å². The van der Waals surface area contributed by atoms with Crippen LogP contribution in [0.25, 0.3) is 10.7 Å². The number of nitro groups is 1. The second-order valence-corrected chi connectivity index (χ2v) is 11.6. The average Bonchev–Trinajstić information content (AvgIpc) is 3.57. The minimum Gasteiger partial charge on any atom is -0.391 e. The predicted molar refractivity (Wildman–Crippen MR) is 153 cm³/mol. The van der Waals surface area contributed by atoms with E-state index in [1.54, 1.807) is 35.3 Å². The van der Waals surface area contributed by atoms with E-state index in [9.17, 15) is 24.8 Å². The Labute approximate surface area is 236 Å². The van der Waals surface area contributed by atoms with Crippen LogP contribution in [0.1, 0.15) is 28.8 Å². The molecule has 2 aromatic heterocycles. The molecule has 3 rings (SSSR count). The number of carbonyl (C=O) groups excluding carboxylic acids is 2. The highest BCUT2D eigenvalue weighted by Crippen LogP contribution is 2.27. The van der Waals surface area contributed by atoms with E-state index in [0.29, 0.717) is 34.3 Å². The van der Waals surface area contributed by atoms with Crippen molar-refractivity contribution >= 4 is 63.9 Å². The normalized spacial score (nSPS) is 12.6. The Morgan fingerprint density at radius 1 is 1.16 bits per heavy atom. The molecule has 204 valence electrons. The maximum absolute atomic E-state index is 12.7. The van der Waals surface area contributed by atoms with Crippen molar-refractivity contribution in [1.82, 2.24) is 25.3 Å². The fourth-order valence-corrected chi connectivity index (χ4v) is 6.13. The standard InChI is InChI=1S/C23H28N6O5S4/c1-14(30)20(28-38-18-7-4-3-6-17(18)29(33)34)22(32)25-10-8-19-26-16(13-36-19)23-27-15(12-37-23)21(31)24-9-5-11-35-2/h3-4,6-7,12-14,20,28,30H,5,8-11H2,1-2H3,(H,24,31)(H,25,32). The van der Waals surface area contributed by atoms with Gasteiger partial charge in [-0.3, -0.25) is 19.7 Å². The average molecular weight is 597 g/mol. The quantitative estimate of drug-likeness (QED) is 0.0887. The first-order valence-corrected chi connectivity index (χ1v) is 15.6. The van der Waals surface area contributed by atoms with E-state index >= 15 is 0 Å². The van der Waals surface area contributed by atoms with Crippen LogP contribution in [0.5, 0.6) is 0 Å². The highest BCUT2D eigenvalue weighted by molar-refractivity contribution is 7.98. The number of aromatic nitrogens is 2. The third-order valence-corrected chi connectivity index (χ3v) is 8.49. The van der Waals surface area contributed by atoms with Crippen molar-refractivity contribution in [3.63, 3.8) is 0 Å². The third kappa shape index (κ3) is 8.74. The van der Waals surface area contributed by atoms with Crippen molar-refractivity contribution in [3.8, 4) is 10.7 Å². The molecule has 2 amide bonds. The number of aliphatic hydroxyl groups is 1. The van der Waals surface area contributed by atoms with E-state index in [2.05, 4.69) is 25.3 Å². The summed E-state index contributed by atoms with van der Waals surface area (Å²) in [5.41, 5.74) is 0.951. The Hall–Kier alpha value is -2.56. The number of amides is 2. The summed E-state index contributed by atoms with van der Waals surface area (Å²) in [6, 6.07) is 5.18. The van der Waals surface area contributed by atoms with Crippen LogP contribution >= 0.6 is 46.4 Å². The molecule has 0 radical (unpaired) electrons. The molecule has 2 heterocycles. The molecule has 38 heavy (non-hydrogen) atoms. The summed E-state index contributed by atoms with van der Waals surface area (Å²) in [5, 5.41) is 31.9. The molecule has 4 N–H and O–H groups in total. The number of nitrogens with zero attached hydrogens (tertiary/aromatic N) is 3. The van der Waals surface area contributed by atoms with Crippen molar-refractivity contribution in [2.24, 2.45) is 0 Å². The van der Waals surface area contributed by atoms with Gasteiger partial charge in [-0.1, -0.05) is 12.1 Å². The highest BCUT2D eigenvalue weighted by Gasteiger charge is 2.25. The fraction of sp³-hybridized carbons (Fsp3) is 0.391. The van der Waals surface area contributed by atoms with Crippen molar-refractivity contribution in [2.75, 3.05) is 25.1 Å². The number of thiazole rings is 2. The molecular weight excluding hydrogens is 569 g/mol. The zero-order chi connectivity index (χ0) is 27.5. The predicted octanol–water partition coefficient (Wildman–Crippen LogP) is 3.36. The highest BCUT2D eigenvalue weighted by atomic mass is 32.2. The number of thioether (sulfide) groups is 1. The summed E-state index contributed by atoms with van der Waals surface area (Å²) >= 11 is 5.43. The SMILES string of the molecule is CSCCCNC(=O)c1csc(-c2csc(CCNC(=O)C(NSc3ccccc3[N+](=O)[O-])C(C)O)n2)n1. The van der Waals surface area contributed by atoms with E-state index in [0.717, 1.165) is 29.1 Å². The second kappa shape index (κ2) is 15.1. The molecule has 2 unspecified atom stereocenters. The maximum atomic E-state index is 12.7. The molecule has 11 nitrogen and oxygen atoms in total. The zero-order valence-corrected chi connectivity index (χ0v) is 24.0. The number of benzene rings is 1. The van der Waals surface area contributed by atoms with Gasteiger partial charge in [0.05, 0.1) is 16.0 Å². The first-order valence-electron chi connectivity index (χ1n) is 11.6. The number of nitro benzene ring substituents is 1. The van der Waals surface area contributed by atoms with Crippen molar-refractivity contribution < 1.29 is 19.6 Å². The maximum Gasteiger partial charge on any atom is 0.284 e. The number of para-hydroxylation sites is 1. The van der Waals surface area contributed by atoms with E-state index < -0.39 is 23.0 Å². The van der Waals surface area contributed by atoms with Crippen LogP contribution in [-0.2, 0) is 11.2 Å². The molecule has 0 bridgehead atoms. The van der Waals surface area contributed by atoms with E-state index in [1.807, 2.05) is 11.6 Å². The van der Waals surface area contributed by atoms with Crippen LogP contribution in [0.3, 0.4) is 0 Å². The van der Waals surface area contributed by atoms with Gasteiger partial charge in [-0.25, -0.2) is 14.7 Å². The molecule has 0 saturated carbocycles. The molecule has 1 aromatic carbocycles. The first kappa shape index (κ1) is 30.0. The number of nitrogens with one attached hydrogen (secondary N) is 3. The van der Waals surface area contributed by atoms with Crippen molar-refractivity contribution in [3.05, 3.63) is 55.8 Å². The van der Waals surface area contributed by atoms with Gasteiger partial charge in [0, 0.05) is 36.3 Å². The fourth-order valence-electron chi connectivity index (χ4n) is 3.12. The lowest BCUT2D eigenvalue weighted by Gasteiger charge is -2.20. The second-order valence-electron chi connectivity index (χ2n) is 7.97. The zero-order valence-electron chi connectivity index (χ0n) is 20.7. The Morgan fingerprint density at radius 2 is 1.95 bits per heavy atom. The lowest BCUT2D eigenvalue weighted by atomic mass is 10.2. The number of carbonyl (C=O) groups is 2. The minimum absolute atomic E-state index is 0.0894. The van der Waals surface area contributed by atoms with Gasteiger partial charge in [0.25, 0.3) is 11.6 Å².